The van der Waals surface area contributed by atoms with Crippen molar-refractivity contribution in [3.05, 3.63) is 46.3 Å². The van der Waals surface area contributed by atoms with Crippen LogP contribution < -0.4 is 11.4 Å². The maximum atomic E-state index is 11.8. The molecule has 19 heavy (non-hydrogen) atoms. The van der Waals surface area contributed by atoms with Crippen molar-refractivity contribution >= 4 is 5.82 Å². The molecule has 2 rings (SSSR count). The van der Waals surface area contributed by atoms with Crippen molar-refractivity contribution in [1.82, 2.24) is 9.55 Å². The average molecular weight is 262 g/mol. The van der Waals surface area contributed by atoms with Gasteiger partial charge in [-0.3, -0.25) is 9.41 Å². The lowest BCUT2D eigenvalue weighted by Gasteiger charge is -2.19. The van der Waals surface area contributed by atoms with Gasteiger partial charge in [0.1, 0.15) is 18.5 Å². The molecule has 1 aliphatic rings. The molecule has 100 valence electrons. The van der Waals surface area contributed by atoms with Crippen LogP contribution in [0.4, 0.5) is 5.82 Å². The number of aliphatic hydroxyl groups excluding tert-OH is 2. The van der Waals surface area contributed by atoms with Crippen molar-refractivity contribution in [2.75, 3.05) is 12.3 Å². The summed E-state index contributed by atoms with van der Waals surface area (Å²) < 4.78 is 1.27. The van der Waals surface area contributed by atoms with E-state index in [9.17, 15) is 15.0 Å². The smallest absolute Gasteiger partial charge is 0.350 e. The average Bonchev–Trinajstić information content (AvgIpc) is 2.62. The number of nitrogens with zero attached hydrogens (tertiary/aromatic N) is 3. The molecule has 1 aromatic heterocycles. The number of hydrogen-bond donors (Lipinski definition) is 3. The van der Waals surface area contributed by atoms with Gasteiger partial charge in [0.25, 0.3) is 0 Å². The summed E-state index contributed by atoms with van der Waals surface area (Å²) in [6.45, 7) is 10.4. The van der Waals surface area contributed by atoms with E-state index in [-0.39, 0.29) is 12.2 Å². The molecule has 1 saturated carbocycles. The van der Waals surface area contributed by atoms with Crippen LogP contribution in [0, 0.1) is 6.57 Å². The van der Waals surface area contributed by atoms with Crippen LogP contribution in [0.3, 0.4) is 0 Å². The molecule has 1 aliphatic carbocycles. The highest BCUT2D eigenvalue weighted by Crippen LogP contribution is 2.43. The number of hydrogen-bond acceptors (Lipinski definition) is 5. The van der Waals surface area contributed by atoms with Gasteiger partial charge in [-0.15, -0.1) is 0 Å². The lowest BCUT2D eigenvalue weighted by atomic mass is 9.93. The molecule has 4 N–H and O–H groups in total. The molecular formula is C12H14N4O3. The molecule has 0 aliphatic heterocycles. The third-order valence-electron chi connectivity index (χ3n) is 3.58. The van der Waals surface area contributed by atoms with Crippen molar-refractivity contribution < 1.29 is 10.2 Å². The molecule has 1 fully saturated rings. The summed E-state index contributed by atoms with van der Waals surface area (Å²) in [5.41, 5.74) is 3.70. The van der Waals surface area contributed by atoms with E-state index >= 15 is 0 Å². The number of aliphatic hydroxyl groups is 2. The van der Waals surface area contributed by atoms with Crippen molar-refractivity contribution in [3.8, 4) is 0 Å². The molecule has 0 bridgehead atoms. The van der Waals surface area contributed by atoms with Gasteiger partial charge in [-0.05, 0) is 6.07 Å². The number of nitrogens with two attached hydrogens (primary N) is 1. The van der Waals surface area contributed by atoms with Crippen LogP contribution in [-0.4, -0.2) is 38.0 Å². The maximum Gasteiger partial charge on any atom is 0.350 e. The van der Waals surface area contributed by atoms with E-state index in [1.54, 1.807) is 0 Å². The molecule has 0 spiro atoms. The van der Waals surface area contributed by atoms with Gasteiger partial charge < -0.3 is 15.9 Å². The molecule has 7 heteroatoms. The molecular weight excluding hydrogens is 248 g/mol. The fourth-order valence-corrected chi connectivity index (χ4v) is 2.38. The minimum absolute atomic E-state index is 0.101. The van der Waals surface area contributed by atoms with Crippen LogP contribution in [-0.2, 0) is 0 Å². The second-order valence-corrected chi connectivity index (χ2v) is 4.53. The number of rotatable bonds is 2. The zero-order valence-electron chi connectivity index (χ0n) is 10.2. The minimum atomic E-state index is -1.45. The first-order valence-corrected chi connectivity index (χ1v) is 5.67. The van der Waals surface area contributed by atoms with Gasteiger partial charge in [-0.1, -0.05) is 6.58 Å². The molecule has 0 aromatic carbocycles. The van der Waals surface area contributed by atoms with E-state index in [0.717, 1.165) is 0 Å². The third kappa shape index (κ3) is 1.82. The first-order chi connectivity index (χ1) is 8.96. The monoisotopic (exact) mass is 262 g/mol. The predicted molar refractivity (Wildman–Crippen MR) is 68.1 cm³/mol. The molecule has 1 heterocycles. The van der Waals surface area contributed by atoms with E-state index in [4.69, 9.17) is 12.3 Å². The summed E-state index contributed by atoms with van der Waals surface area (Å²) in [7, 11) is 0. The van der Waals surface area contributed by atoms with Gasteiger partial charge >= 0.3 is 11.2 Å². The molecule has 0 amide bonds. The quantitative estimate of drug-likeness (QED) is 0.484. The Balaban J connectivity index is 2.47. The zero-order chi connectivity index (χ0) is 14.2. The van der Waals surface area contributed by atoms with E-state index in [2.05, 4.69) is 16.4 Å². The van der Waals surface area contributed by atoms with Crippen LogP contribution in [0.25, 0.3) is 4.85 Å². The highest BCUT2D eigenvalue weighted by atomic mass is 16.3. The highest BCUT2D eigenvalue weighted by Gasteiger charge is 2.57. The standard InChI is InChI=1S/C12H14N4O3/c1-7-8(5-9(18)12(7,6-17)14-2)16-4-3-10(13)15-11(16)19/h3-4,8-9,17-18H,1,5-6H2,(H2,13,15,19)/t8-,9-,12+/m0/s1. The molecule has 3 atom stereocenters. The summed E-state index contributed by atoms with van der Waals surface area (Å²) in [4.78, 5) is 18.7. The number of anilines is 1. The second-order valence-electron chi connectivity index (χ2n) is 4.53. The van der Waals surface area contributed by atoms with Crippen LogP contribution >= 0.6 is 0 Å². The Morgan fingerprint density at radius 2 is 2.42 bits per heavy atom. The van der Waals surface area contributed by atoms with Crippen LogP contribution in [0.2, 0.25) is 0 Å². The SMILES string of the molecule is [C-]#[N+][C@]1(CO)C(=C)[C@@H](n2ccc(N)nc2=O)C[C@@H]1O. The van der Waals surface area contributed by atoms with Gasteiger partial charge in [0.2, 0.25) is 0 Å². The first-order valence-electron chi connectivity index (χ1n) is 5.67. The summed E-state index contributed by atoms with van der Waals surface area (Å²) in [6.07, 6.45) is 0.509. The van der Waals surface area contributed by atoms with E-state index in [0.29, 0.717) is 5.57 Å². The van der Waals surface area contributed by atoms with Crippen molar-refractivity contribution in [2.24, 2.45) is 0 Å². The Morgan fingerprint density at radius 3 is 2.89 bits per heavy atom. The van der Waals surface area contributed by atoms with Gasteiger partial charge in [-0.25, -0.2) is 11.4 Å². The summed E-state index contributed by atoms with van der Waals surface area (Å²) >= 11 is 0. The Labute approximate surface area is 109 Å². The van der Waals surface area contributed by atoms with Gasteiger partial charge in [0.05, 0.1) is 6.04 Å². The Morgan fingerprint density at radius 1 is 1.74 bits per heavy atom. The van der Waals surface area contributed by atoms with Gasteiger partial charge in [-0.2, -0.15) is 4.98 Å². The van der Waals surface area contributed by atoms with E-state index in [1.807, 2.05) is 0 Å². The minimum Gasteiger partial charge on any atom is -0.387 e. The van der Waals surface area contributed by atoms with E-state index < -0.39 is 30.0 Å². The Kier molecular flexibility index (Phi) is 3.14. The molecule has 0 saturated heterocycles. The summed E-state index contributed by atoms with van der Waals surface area (Å²) in [6, 6.07) is 0.884. The van der Waals surface area contributed by atoms with Gasteiger partial charge in [0, 0.05) is 18.2 Å². The van der Waals surface area contributed by atoms with Crippen molar-refractivity contribution in [1.29, 1.82) is 0 Å². The summed E-state index contributed by atoms with van der Waals surface area (Å²) in [5, 5.41) is 19.4. The topological polar surface area (TPSA) is 106 Å². The van der Waals surface area contributed by atoms with Crippen molar-refractivity contribution in [3.63, 3.8) is 0 Å². The maximum absolute atomic E-state index is 11.8. The van der Waals surface area contributed by atoms with E-state index in [1.165, 1.54) is 16.8 Å². The Bertz CT molecular complexity index is 618. The normalized spacial score (nSPS) is 30.3. The largest absolute Gasteiger partial charge is 0.387 e. The number of aromatic nitrogens is 2. The number of nitrogen functional groups attached to an aromatic ring is 1. The van der Waals surface area contributed by atoms with Gasteiger partial charge in [0.15, 0.2) is 0 Å². The molecule has 0 unspecified atom stereocenters. The van der Waals surface area contributed by atoms with Crippen molar-refractivity contribution in [2.45, 2.75) is 24.1 Å². The first kappa shape index (κ1) is 13.3. The highest BCUT2D eigenvalue weighted by molar-refractivity contribution is 5.36. The predicted octanol–water partition coefficient (Wildman–Crippen LogP) is -0.662. The van der Waals surface area contributed by atoms with Crippen LogP contribution in [0.5, 0.6) is 0 Å². The Hall–Kier alpha value is -2.17. The molecule has 0 radical (unpaired) electrons. The fraction of sp³-hybridized carbons (Fsp3) is 0.417. The second kappa shape index (κ2) is 4.50. The fourth-order valence-electron chi connectivity index (χ4n) is 2.38. The molecule has 1 aromatic rings. The molecule has 7 nitrogen and oxygen atoms in total. The van der Waals surface area contributed by atoms with Crippen LogP contribution in [0.1, 0.15) is 12.5 Å². The van der Waals surface area contributed by atoms with Crippen LogP contribution in [0.15, 0.2) is 29.2 Å². The summed E-state index contributed by atoms with van der Waals surface area (Å²) in [5.74, 6) is 0.101. The lowest BCUT2D eigenvalue weighted by molar-refractivity contribution is 0.0987. The zero-order valence-corrected chi connectivity index (χ0v) is 10.2. The lowest BCUT2D eigenvalue weighted by Crippen LogP contribution is -2.39. The third-order valence-corrected chi connectivity index (χ3v) is 3.58.